The van der Waals surface area contributed by atoms with Crippen molar-refractivity contribution >= 4 is 11.0 Å². The summed E-state index contributed by atoms with van der Waals surface area (Å²) in [6.45, 7) is 4.93. The molecule has 0 saturated heterocycles. The highest BCUT2D eigenvalue weighted by Gasteiger charge is 2.12. The number of H-pyrrole nitrogens is 1. The first-order chi connectivity index (χ1) is 7.24. The molecule has 4 nitrogen and oxygen atoms in total. The van der Waals surface area contributed by atoms with E-state index in [4.69, 9.17) is 5.73 Å². The minimum atomic E-state index is 0.405. The van der Waals surface area contributed by atoms with Gasteiger partial charge in [0, 0.05) is 11.6 Å². The smallest absolute Gasteiger partial charge is 0.141 e. The highest BCUT2D eigenvalue weighted by molar-refractivity contribution is 5.82. The molecule has 0 amide bonds. The molecule has 2 aromatic rings. The molecule has 0 aromatic carbocycles. The number of nitrogens with zero attached hydrogens (tertiary/aromatic N) is 2. The highest BCUT2D eigenvalue weighted by Crippen LogP contribution is 2.24. The average molecular weight is 204 g/mol. The molecule has 0 saturated carbocycles. The van der Waals surface area contributed by atoms with E-state index in [1.54, 1.807) is 6.33 Å². The molecule has 2 rings (SSSR count). The predicted octanol–water partition coefficient (Wildman–Crippen LogP) is 1.58. The maximum absolute atomic E-state index is 5.58. The van der Waals surface area contributed by atoms with Crippen LogP contribution in [0.3, 0.4) is 0 Å². The number of rotatable bonds is 3. The number of nitrogens with one attached hydrogen (secondary N) is 1. The summed E-state index contributed by atoms with van der Waals surface area (Å²) in [7, 11) is 0. The van der Waals surface area contributed by atoms with E-state index < -0.39 is 0 Å². The van der Waals surface area contributed by atoms with Gasteiger partial charge < -0.3 is 10.7 Å². The van der Waals surface area contributed by atoms with Gasteiger partial charge in [0.2, 0.25) is 0 Å². The second kappa shape index (κ2) is 3.98. The van der Waals surface area contributed by atoms with Crippen molar-refractivity contribution in [2.24, 2.45) is 5.73 Å². The van der Waals surface area contributed by atoms with Gasteiger partial charge in [0.15, 0.2) is 0 Å². The quantitative estimate of drug-likeness (QED) is 0.797. The molecular formula is C11H16N4. The van der Waals surface area contributed by atoms with Crippen LogP contribution in [0, 0.1) is 0 Å². The van der Waals surface area contributed by atoms with Gasteiger partial charge in [0.25, 0.3) is 0 Å². The van der Waals surface area contributed by atoms with E-state index in [-0.39, 0.29) is 0 Å². The molecule has 0 unspecified atom stereocenters. The number of fused-ring (bicyclic) bond motifs is 1. The zero-order valence-electron chi connectivity index (χ0n) is 9.12. The van der Waals surface area contributed by atoms with Crippen LogP contribution in [0.4, 0.5) is 0 Å². The molecule has 0 aliphatic heterocycles. The second-order valence-corrected chi connectivity index (χ2v) is 3.99. The van der Waals surface area contributed by atoms with Crippen molar-refractivity contribution in [3.05, 3.63) is 23.8 Å². The number of nitrogens with two attached hydrogens (primary N) is 1. The van der Waals surface area contributed by atoms with Gasteiger partial charge in [0.05, 0.1) is 5.69 Å². The molecule has 2 heterocycles. The molecule has 4 heteroatoms. The third-order valence-electron chi connectivity index (χ3n) is 2.54. The molecule has 15 heavy (non-hydrogen) atoms. The molecule has 2 aromatic heterocycles. The van der Waals surface area contributed by atoms with Crippen molar-refractivity contribution in [1.82, 2.24) is 15.0 Å². The first-order valence-corrected chi connectivity index (χ1v) is 5.25. The molecule has 3 N–H and O–H groups in total. The van der Waals surface area contributed by atoms with Gasteiger partial charge in [0.1, 0.15) is 12.0 Å². The Labute approximate surface area is 88.9 Å². The maximum Gasteiger partial charge on any atom is 0.141 e. The normalized spacial score (nSPS) is 11.5. The number of aromatic amines is 1. The Hall–Kier alpha value is -1.42. The van der Waals surface area contributed by atoms with Crippen LogP contribution in [0.25, 0.3) is 11.0 Å². The molecule has 0 aliphatic carbocycles. The Morgan fingerprint density at radius 1 is 1.40 bits per heavy atom. The summed E-state index contributed by atoms with van der Waals surface area (Å²) >= 11 is 0. The van der Waals surface area contributed by atoms with Crippen LogP contribution in [0.5, 0.6) is 0 Å². The molecule has 0 radical (unpaired) electrons. The van der Waals surface area contributed by atoms with Gasteiger partial charge >= 0.3 is 0 Å². The number of aromatic nitrogens is 3. The van der Waals surface area contributed by atoms with Crippen molar-refractivity contribution in [2.75, 3.05) is 6.54 Å². The maximum atomic E-state index is 5.58. The van der Waals surface area contributed by atoms with E-state index in [0.29, 0.717) is 12.5 Å². The van der Waals surface area contributed by atoms with Crippen LogP contribution >= 0.6 is 0 Å². The van der Waals surface area contributed by atoms with E-state index in [0.717, 1.165) is 23.1 Å². The fourth-order valence-corrected chi connectivity index (χ4v) is 1.84. The molecule has 0 bridgehead atoms. The van der Waals surface area contributed by atoms with Gasteiger partial charge in [-0.2, -0.15) is 0 Å². The zero-order valence-corrected chi connectivity index (χ0v) is 9.12. The number of hydrogen-bond donors (Lipinski definition) is 2. The van der Waals surface area contributed by atoms with Crippen molar-refractivity contribution in [3.8, 4) is 0 Å². The van der Waals surface area contributed by atoms with Gasteiger partial charge in [-0.1, -0.05) is 13.8 Å². The summed E-state index contributed by atoms with van der Waals surface area (Å²) < 4.78 is 0. The lowest BCUT2D eigenvalue weighted by atomic mass is 10.0. The third kappa shape index (κ3) is 1.72. The van der Waals surface area contributed by atoms with Gasteiger partial charge in [-0.25, -0.2) is 9.97 Å². The Morgan fingerprint density at radius 3 is 2.87 bits per heavy atom. The van der Waals surface area contributed by atoms with Crippen LogP contribution in [0.15, 0.2) is 12.5 Å². The van der Waals surface area contributed by atoms with Crippen LogP contribution in [0.1, 0.15) is 31.0 Å². The van der Waals surface area contributed by atoms with Crippen molar-refractivity contribution in [1.29, 1.82) is 0 Å². The van der Waals surface area contributed by atoms with E-state index in [2.05, 4.69) is 28.8 Å². The molecular weight excluding hydrogens is 188 g/mol. The third-order valence-corrected chi connectivity index (χ3v) is 2.54. The zero-order chi connectivity index (χ0) is 10.8. The van der Waals surface area contributed by atoms with Crippen LogP contribution < -0.4 is 5.73 Å². The Morgan fingerprint density at radius 2 is 2.20 bits per heavy atom. The van der Waals surface area contributed by atoms with Crippen molar-refractivity contribution in [3.63, 3.8) is 0 Å². The lowest BCUT2D eigenvalue weighted by molar-refractivity contribution is 0.826. The largest absolute Gasteiger partial charge is 0.346 e. The standard InChI is InChI=1S/C11H16N4/c1-7(2)10-9-8(3-4-12)5-13-11(9)15-6-14-10/h5-7H,3-4,12H2,1-2H3,(H,13,14,15). The topological polar surface area (TPSA) is 67.6 Å². The Bertz CT molecular complexity index is 459. The molecule has 80 valence electrons. The second-order valence-electron chi connectivity index (χ2n) is 3.99. The fraction of sp³-hybridized carbons (Fsp3) is 0.455. The summed E-state index contributed by atoms with van der Waals surface area (Å²) in [5.41, 5.74) is 8.82. The van der Waals surface area contributed by atoms with E-state index in [1.165, 1.54) is 5.56 Å². The van der Waals surface area contributed by atoms with Crippen LogP contribution in [-0.2, 0) is 6.42 Å². The van der Waals surface area contributed by atoms with E-state index >= 15 is 0 Å². The van der Waals surface area contributed by atoms with Crippen molar-refractivity contribution in [2.45, 2.75) is 26.2 Å². The predicted molar refractivity (Wildman–Crippen MR) is 60.7 cm³/mol. The van der Waals surface area contributed by atoms with E-state index in [1.807, 2.05) is 6.20 Å². The van der Waals surface area contributed by atoms with Crippen LogP contribution in [0.2, 0.25) is 0 Å². The van der Waals surface area contributed by atoms with Gasteiger partial charge in [-0.3, -0.25) is 0 Å². The molecule has 0 spiro atoms. The average Bonchev–Trinajstić information content (AvgIpc) is 2.62. The molecule has 0 aliphatic rings. The molecule has 0 fully saturated rings. The Kier molecular flexibility index (Phi) is 2.68. The van der Waals surface area contributed by atoms with Crippen molar-refractivity contribution < 1.29 is 0 Å². The first-order valence-electron chi connectivity index (χ1n) is 5.25. The first kappa shape index (κ1) is 10.1. The minimum absolute atomic E-state index is 0.405. The lowest BCUT2D eigenvalue weighted by Crippen LogP contribution is -2.03. The van der Waals surface area contributed by atoms with Crippen LogP contribution in [-0.4, -0.2) is 21.5 Å². The number of hydrogen-bond acceptors (Lipinski definition) is 3. The van der Waals surface area contributed by atoms with E-state index in [9.17, 15) is 0 Å². The summed E-state index contributed by atoms with van der Waals surface area (Å²) in [4.78, 5) is 11.7. The summed E-state index contributed by atoms with van der Waals surface area (Å²) in [6, 6.07) is 0. The Balaban J connectivity index is 2.63. The monoisotopic (exact) mass is 204 g/mol. The molecule has 0 atom stereocenters. The summed E-state index contributed by atoms with van der Waals surface area (Å²) in [5.74, 6) is 0.405. The highest BCUT2D eigenvalue weighted by atomic mass is 14.9. The lowest BCUT2D eigenvalue weighted by Gasteiger charge is -2.06. The van der Waals surface area contributed by atoms with Gasteiger partial charge in [-0.15, -0.1) is 0 Å². The fourth-order valence-electron chi connectivity index (χ4n) is 1.84. The minimum Gasteiger partial charge on any atom is -0.346 e. The van der Waals surface area contributed by atoms with Gasteiger partial charge in [-0.05, 0) is 24.4 Å². The SMILES string of the molecule is CC(C)c1ncnc2[nH]cc(CCN)c12. The summed E-state index contributed by atoms with van der Waals surface area (Å²) in [6.07, 6.45) is 4.46. The summed E-state index contributed by atoms with van der Waals surface area (Å²) in [5, 5.41) is 1.15.